The van der Waals surface area contributed by atoms with E-state index in [9.17, 15) is 9.18 Å². The highest BCUT2D eigenvalue weighted by Crippen LogP contribution is 2.36. The number of aryl methyl sites for hydroxylation is 1. The molecule has 3 N–H and O–H groups in total. The highest BCUT2D eigenvalue weighted by atomic mass is 35.5. The van der Waals surface area contributed by atoms with Gasteiger partial charge in [0.2, 0.25) is 0 Å². The summed E-state index contributed by atoms with van der Waals surface area (Å²) in [5.41, 5.74) is 5.88. The van der Waals surface area contributed by atoms with Gasteiger partial charge in [0.25, 0.3) is 0 Å². The van der Waals surface area contributed by atoms with Crippen LogP contribution in [0.4, 0.5) is 10.1 Å². The molecule has 2 aromatic carbocycles. The number of nitrogens with two attached hydrogens (primary N) is 1. The fraction of sp³-hybridized carbons (Fsp3) is 0.0714. The van der Waals surface area contributed by atoms with E-state index in [2.05, 4.69) is 0 Å². The summed E-state index contributed by atoms with van der Waals surface area (Å²) < 4.78 is 19.2. The molecule has 0 aliphatic heterocycles. The third kappa shape index (κ3) is 2.67. The number of carboxylic acid groups (broad SMARTS) is 1. The molecule has 2 rings (SSSR count). The van der Waals surface area contributed by atoms with Gasteiger partial charge < -0.3 is 15.6 Å². The predicted molar refractivity (Wildman–Crippen MR) is 74.0 cm³/mol. The fourth-order valence-electron chi connectivity index (χ4n) is 1.69. The summed E-state index contributed by atoms with van der Waals surface area (Å²) in [4.78, 5) is 11.2. The number of nitrogen functional groups attached to an aromatic ring is 1. The third-order valence-electron chi connectivity index (χ3n) is 2.66. The van der Waals surface area contributed by atoms with Crippen molar-refractivity contribution in [1.82, 2.24) is 0 Å². The van der Waals surface area contributed by atoms with E-state index in [1.807, 2.05) is 0 Å². The fourth-order valence-corrected chi connectivity index (χ4v) is 1.95. The number of halogens is 2. The molecule has 104 valence electrons. The Hall–Kier alpha value is -2.27. The Bertz CT molecular complexity index is 688. The van der Waals surface area contributed by atoms with Gasteiger partial charge in [0.15, 0.2) is 17.3 Å². The van der Waals surface area contributed by atoms with Crippen molar-refractivity contribution in [2.45, 2.75) is 6.92 Å². The van der Waals surface area contributed by atoms with E-state index in [0.717, 1.165) is 0 Å². The zero-order valence-electron chi connectivity index (χ0n) is 10.5. The van der Waals surface area contributed by atoms with Crippen LogP contribution < -0.4 is 10.5 Å². The summed E-state index contributed by atoms with van der Waals surface area (Å²) >= 11 is 5.93. The lowest BCUT2D eigenvalue weighted by atomic mass is 10.1. The van der Waals surface area contributed by atoms with Crippen molar-refractivity contribution in [3.8, 4) is 11.5 Å². The molecule has 0 amide bonds. The van der Waals surface area contributed by atoms with E-state index in [0.29, 0.717) is 5.56 Å². The smallest absolute Gasteiger partial charge is 0.339 e. The Morgan fingerprint density at radius 2 is 2.10 bits per heavy atom. The van der Waals surface area contributed by atoms with Gasteiger partial charge in [-0.25, -0.2) is 9.18 Å². The summed E-state index contributed by atoms with van der Waals surface area (Å²) in [6.45, 7) is 1.57. The maximum Gasteiger partial charge on any atom is 0.339 e. The predicted octanol–water partition coefficient (Wildman–Crippen LogP) is 3.86. The van der Waals surface area contributed by atoms with Crippen molar-refractivity contribution in [2.24, 2.45) is 0 Å². The Morgan fingerprint density at radius 3 is 2.75 bits per heavy atom. The zero-order valence-corrected chi connectivity index (χ0v) is 11.2. The number of carboxylic acids is 1. The summed E-state index contributed by atoms with van der Waals surface area (Å²) in [6.07, 6.45) is 0. The van der Waals surface area contributed by atoms with Crippen LogP contribution in [0.15, 0.2) is 30.3 Å². The van der Waals surface area contributed by atoms with E-state index in [1.165, 1.54) is 18.2 Å². The first-order chi connectivity index (χ1) is 9.40. The second-order valence-corrected chi connectivity index (χ2v) is 4.58. The number of aromatic carboxylic acids is 1. The highest BCUT2D eigenvalue weighted by Gasteiger charge is 2.18. The maximum atomic E-state index is 13.9. The molecular formula is C14H11ClFNO3. The monoisotopic (exact) mass is 295 g/mol. The van der Waals surface area contributed by atoms with Crippen molar-refractivity contribution in [2.75, 3.05) is 5.73 Å². The Balaban J connectivity index is 2.53. The van der Waals surface area contributed by atoms with Crippen molar-refractivity contribution in [3.63, 3.8) is 0 Å². The van der Waals surface area contributed by atoms with Gasteiger partial charge in [0.1, 0.15) is 5.56 Å². The molecule has 0 bridgehead atoms. The molecule has 2 aromatic rings. The lowest BCUT2D eigenvalue weighted by molar-refractivity contribution is 0.0694. The van der Waals surface area contributed by atoms with Crippen LogP contribution in [0.2, 0.25) is 5.02 Å². The molecule has 4 nitrogen and oxygen atoms in total. The molecule has 0 spiro atoms. The van der Waals surface area contributed by atoms with Crippen LogP contribution in [0.25, 0.3) is 0 Å². The number of hydrogen-bond acceptors (Lipinski definition) is 3. The molecule has 0 saturated heterocycles. The molecule has 0 unspecified atom stereocenters. The second kappa shape index (κ2) is 5.38. The van der Waals surface area contributed by atoms with Gasteiger partial charge in [-0.05, 0) is 30.7 Å². The summed E-state index contributed by atoms with van der Waals surface area (Å²) in [5.74, 6) is -2.07. The highest BCUT2D eigenvalue weighted by molar-refractivity contribution is 6.33. The minimum absolute atomic E-state index is 0.00306. The maximum absolute atomic E-state index is 13.9. The van der Waals surface area contributed by atoms with Crippen LogP contribution in [-0.2, 0) is 0 Å². The molecule has 0 aliphatic rings. The van der Waals surface area contributed by atoms with Crippen LogP contribution in [0.1, 0.15) is 15.9 Å². The number of ether oxygens (including phenoxy) is 1. The molecule has 0 fully saturated rings. The van der Waals surface area contributed by atoms with E-state index in [-0.39, 0.29) is 27.8 Å². The minimum atomic E-state index is -1.26. The first-order valence-corrected chi connectivity index (χ1v) is 6.03. The second-order valence-electron chi connectivity index (χ2n) is 4.17. The molecule has 0 saturated carbocycles. The third-order valence-corrected chi connectivity index (χ3v) is 2.95. The quantitative estimate of drug-likeness (QED) is 0.843. The topological polar surface area (TPSA) is 72.5 Å². The van der Waals surface area contributed by atoms with E-state index < -0.39 is 11.8 Å². The summed E-state index contributed by atoms with van der Waals surface area (Å²) in [6, 6.07) is 7.11. The van der Waals surface area contributed by atoms with Crippen molar-refractivity contribution < 1.29 is 19.0 Å². The average Bonchev–Trinajstić information content (AvgIpc) is 2.37. The van der Waals surface area contributed by atoms with Crippen molar-refractivity contribution in [3.05, 3.63) is 52.3 Å². The Kier molecular flexibility index (Phi) is 3.81. The van der Waals surface area contributed by atoms with Crippen LogP contribution in [-0.4, -0.2) is 11.1 Å². The van der Waals surface area contributed by atoms with Gasteiger partial charge in [-0.15, -0.1) is 0 Å². The molecule has 0 aliphatic carbocycles. The molecule has 0 aromatic heterocycles. The normalized spacial score (nSPS) is 10.3. The molecule has 20 heavy (non-hydrogen) atoms. The van der Waals surface area contributed by atoms with Gasteiger partial charge in [0.05, 0.1) is 5.02 Å². The van der Waals surface area contributed by atoms with Gasteiger partial charge in [-0.3, -0.25) is 0 Å². The minimum Gasteiger partial charge on any atom is -0.478 e. The van der Waals surface area contributed by atoms with Crippen molar-refractivity contribution in [1.29, 1.82) is 0 Å². The molecule has 0 atom stereocenters. The zero-order chi connectivity index (χ0) is 14.9. The van der Waals surface area contributed by atoms with E-state index in [1.54, 1.807) is 19.1 Å². The lowest BCUT2D eigenvalue weighted by Gasteiger charge is -2.12. The first-order valence-electron chi connectivity index (χ1n) is 5.65. The van der Waals surface area contributed by atoms with E-state index in [4.69, 9.17) is 27.2 Å². The number of hydrogen-bond donors (Lipinski definition) is 2. The van der Waals surface area contributed by atoms with Crippen LogP contribution in [0.3, 0.4) is 0 Å². The molecule has 6 heteroatoms. The summed E-state index contributed by atoms with van der Waals surface area (Å²) in [7, 11) is 0. The standard InChI is InChI=1S/C14H11ClFNO3/c1-7-3-2-4-11(12(7)16)20-13-9(14(18)19)5-8(17)6-10(13)15/h2-6H,17H2,1H3,(H,18,19). The van der Waals surface area contributed by atoms with Gasteiger partial charge in [0, 0.05) is 5.69 Å². The SMILES string of the molecule is Cc1cccc(Oc2c(Cl)cc(N)cc2C(=O)O)c1F. The first kappa shape index (κ1) is 14.1. The average molecular weight is 296 g/mol. The van der Waals surface area contributed by atoms with Crippen LogP contribution in [0.5, 0.6) is 11.5 Å². The lowest BCUT2D eigenvalue weighted by Crippen LogP contribution is -2.03. The van der Waals surface area contributed by atoms with E-state index >= 15 is 0 Å². The largest absolute Gasteiger partial charge is 0.478 e. The number of anilines is 1. The van der Waals surface area contributed by atoms with Crippen molar-refractivity contribution >= 4 is 23.3 Å². The van der Waals surface area contributed by atoms with Gasteiger partial charge in [-0.1, -0.05) is 23.7 Å². The molecule has 0 heterocycles. The van der Waals surface area contributed by atoms with Crippen LogP contribution in [0, 0.1) is 12.7 Å². The van der Waals surface area contributed by atoms with Crippen LogP contribution >= 0.6 is 11.6 Å². The molecule has 0 radical (unpaired) electrons. The van der Waals surface area contributed by atoms with Gasteiger partial charge in [-0.2, -0.15) is 0 Å². The Labute approximate surface area is 119 Å². The summed E-state index contributed by atoms with van der Waals surface area (Å²) in [5, 5.41) is 9.13. The Morgan fingerprint density at radius 1 is 1.40 bits per heavy atom. The number of benzene rings is 2. The number of rotatable bonds is 3. The number of carbonyl (C=O) groups is 1. The van der Waals surface area contributed by atoms with Gasteiger partial charge >= 0.3 is 5.97 Å². The molecular weight excluding hydrogens is 285 g/mol.